The number of hydrogen-bond acceptors (Lipinski definition) is 4. The summed E-state index contributed by atoms with van der Waals surface area (Å²) >= 11 is 5.21. The zero-order chi connectivity index (χ0) is 11.9. The second-order valence-electron chi connectivity index (χ2n) is 3.39. The maximum absolute atomic E-state index is 5.23. The fraction of sp³-hybridized carbons (Fsp3) is 0.250. The number of thioether (sulfide) groups is 1. The average molecular weight is 313 g/mol. The molecule has 0 unspecified atom stereocenters. The van der Waals surface area contributed by atoms with Gasteiger partial charge in [0.25, 0.3) is 0 Å². The lowest BCUT2D eigenvalue weighted by atomic mass is 10.4. The van der Waals surface area contributed by atoms with E-state index in [9.17, 15) is 0 Å². The number of halogens is 1. The van der Waals surface area contributed by atoms with Gasteiger partial charge < -0.3 is 9.73 Å². The van der Waals surface area contributed by atoms with Crippen molar-refractivity contribution < 1.29 is 4.42 Å². The van der Waals surface area contributed by atoms with Crippen LogP contribution in [0.15, 0.2) is 50.6 Å². The van der Waals surface area contributed by atoms with Crippen molar-refractivity contribution in [1.82, 2.24) is 10.3 Å². The van der Waals surface area contributed by atoms with E-state index in [2.05, 4.69) is 26.2 Å². The standard InChI is InChI=1S/C12H13BrN2OS/c13-11-4-1-5-15-12(11)17-8-6-14-9-10-3-2-7-16-10/h1-5,7,14H,6,8-9H2. The van der Waals surface area contributed by atoms with Crippen LogP contribution in [0.2, 0.25) is 0 Å². The van der Waals surface area contributed by atoms with Crippen molar-refractivity contribution >= 4 is 27.7 Å². The van der Waals surface area contributed by atoms with Crippen LogP contribution in [0.5, 0.6) is 0 Å². The molecule has 0 aliphatic rings. The van der Waals surface area contributed by atoms with Crippen molar-refractivity contribution in [1.29, 1.82) is 0 Å². The van der Waals surface area contributed by atoms with E-state index in [1.165, 1.54) is 0 Å². The summed E-state index contributed by atoms with van der Waals surface area (Å²) in [5.74, 6) is 1.95. The Balaban J connectivity index is 1.65. The molecule has 0 radical (unpaired) electrons. The molecule has 2 heterocycles. The van der Waals surface area contributed by atoms with Crippen LogP contribution in [-0.4, -0.2) is 17.3 Å². The van der Waals surface area contributed by atoms with Crippen molar-refractivity contribution in [2.75, 3.05) is 12.3 Å². The molecule has 0 aliphatic heterocycles. The fourth-order valence-corrected chi connectivity index (χ4v) is 2.70. The zero-order valence-corrected chi connectivity index (χ0v) is 11.6. The van der Waals surface area contributed by atoms with Crippen LogP contribution >= 0.6 is 27.7 Å². The number of nitrogens with zero attached hydrogens (tertiary/aromatic N) is 1. The summed E-state index contributed by atoms with van der Waals surface area (Å²) < 4.78 is 6.28. The minimum atomic E-state index is 0.775. The Kier molecular flexibility index (Phi) is 5.09. The lowest BCUT2D eigenvalue weighted by Gasteiger charge is -2.03. The second-order valence-corrected chi connectivity index (χ2v) is 5.33. The van der Waals surface area contributed by atoms with Gasteiger partial charge in [0.1, 0.15) is 10.8 Å². The molecule has 3 nitrogen and oxygen atoms in total. The lowest BCUT2D eigenvalue weighted by molar-refractivity contribution is 0.488. The number of aromatic nitrogens is 1. The molecule has 0 aromatic carbocycles. The van der Waals surface area contributed by atoms with E-state index in [0.717, 1.165) is 34.1 Å². The summed E-state index contributed by atoms with van der Waals surface area (Å²) in [6.07, 6.45) is 3.50. The zero-order valence-electron chi connectivity index (χ0n) is 9.23. The van der Waals surface area contributed by atoms with E-state index in [-0.39, 0.29) is 0 Å². The highest BCUT2D eigenvalue weighted by molar-refractivity contribution is 9.10. The fourth-order valence-electron chi connectivity index (χ4n) is 1.32. The topological polar surface area (TPSA) is 38.1 Å². The Bertz CT molecular complexity index is 448. The molecule has 2 aromatic rings. The molecule has 1 N–H and O–H groups in total. The number of rotatable bonds is 6. The van der Waals surface area contributed by atoms with E-state index in [1.807, 2.05) is 30.5 Å². The van der Waals surface area contributed by atoms with Crippen LogP contribution < -0.4 is 5.32 Å². The Morgan fingerprint density at radius 2 is 2.29 bits per heavy atom. The number of pyridine rings is 1. The summed E-state index contributed by atoms with van der Waals surface area (Å²) in [6, 6.07) is 7.79. The van der Waals surface area contributed by atoms with Gasteiger partial charge in [0.15, 0.2) is 0 Å². The van der Waals surface area contributed by atoms with E-state index in [4.69, 9.17) is 4.42 Å². The minimum absolute atomic E-state index is 0.775. The molecule has 0 aliphatic carbocycles. The first-order chi connectivity index (χ1) is 8.36. The first-order valence-corrected chi connectivity index (χ1v) is 7.10. The summed E-state index contributed by atoms with van der Waals surface area (Å²) in [6.45, 7) is 1.70. The van der Waals surface area contributed by atoms with E-state index >= 15 is 0 Å². The van der Waals surface area contributed by atoms with E-state index < -0.39 is 0 Å². The molecule has 0 atom stereocenters. The molecule has 0 spiro atoms. The molecule has 90 valence electrons. The quantitative estimate of drug-likeness (QED) is 0.656. The van der Waals surface area contributed by atoms with Gasteiger partial charge in [-0.05, 0) is 40.2 Å². The smallest absolute Gasteiger partial charge is 0.117 e. The third-order valence-corrected chi connectivity index (χ3v) is 4.03. The lowest BCUT2D eigenvalue weighted by Crippen LogP contribution is -2.16. The van der Waals surface area contributed by atoms with Crippen molar-refractivity contribution in [3.8, 4) is 0 Å². The molecule has 0 bridgehead atoms. The molecule has 17 heavy (non-hydrogen) atoms. The molecule has 0 saturated heterocycles. The van der Waals surface area contributed by atoms with Crippen LogP contribution in [-0.2, 0) is 6.54 Å². The molecule has 0 saturated carbocycles. The summed E-state index contributed by atoms with van der Waals surface area (Å²) in [5, 5.41) is 4.35. The van der Waals surface area contributed by atoms with Gasteiger partial charge in [0.2, 0.25) is 0 Å². The second kappa shape index (κ2) is 6.83. The SMILES string of the molecule is Brc1cccnc1SCCNCc1ccco1. The number of hydrogen-bond donors (Lipinski definition) is 1. The maximum Gasteiger partial charge on any atom is 0.117 e. The molecule has 5 heteroatoms. The largest absolute Gasteiger partial charge is 0.468 e. The van der Waals surface area contributed by atoms with E-state index in [0.29, 0.717) is 0 Å². The van der Waals surface area contributed by atoms with Gasteiger partial charge in [0, 0.05) is 23.0 Å². The van der Waals surface area contributed by atoms with Gasteiger partial charge in [-0.15, -0.1) is 11.8 Å². The van der Waals surface area contributed by atoms with Gasteiger partial charge in [-0.1, -0.05) is 0 Å². The van der Waals surface area contributed by atoms with Gasteiger partial charge >= 0.3 is 0 Å². The molecule has 2 rings (SSSR count). The normalized spacial score (nSPS) is 10.6. The van der Waals surface area contributed by atoms with Gasteiger partial charge in [0.05, 0.1) is 12.8 Å². The number of furan rings is 1. The highest BCUT2D eigenvalue weighted by Gasteiger charge is 2.00. The molecule has 0 fully saturated rings. The predicted molar refractivity (Wildman–Crippen MR) is 73.1 cm³/mol. The highest BCUT2D eigenvalue weighted by atomic mass is 79.9. The van der Waals surface area contributed by atoms with Crippen molar-refractivity contribution in [3.63, 3.8) is 0 Å². The maximum atomic E-state index is 5.23. The minimum Gasteiger partial charge on any atom is -0.468 e. The monoisotopic (exact) mass is 312 g/mol. The average Bonchev–Trinajstić information content (AvgIpc) is 2.84. The molecular formula is C12H13BrN2OS. The highest BCUT2D eigenvalue weighted by Crippen LogP contribution is 2.23. The van der Waals surface area contributed by atoms with Gasteiger partial charge in [-0.3, -0.25) is 0 Å². The van der Waals surface area contributed by atoms with Crippen LogP contribution in [0.3, 0.4) is 0 Å². The third kappa shape index (κ3) is 4.18. The summed E-state index contributed by atoms with van der Waals surface area (Å²) in [4.78, 5) is 4.30. The Labute approximate surface area is 113 Å². The van der Waals surface area contributed by atoms with Crippen molar-refractivity contribution in [2.45, 2.75) is 11.6 Å². The number of nitrogens with one attached hydrogen (secondary N) is 1. The van der Waals surface area contributed by atoms with E-state index in [1.54, 1.807) is 18.0 Å². The molecular weight excluding hydrogens is 300 g/mol. The Hall–Kier alpha value is -0.780. The van der Waals surface area contributed by atoms with Crippen molar-refractivity contribution in [3.05, 3.63) is 47.0 Å². The van der Waals surface area contributed by atoms with Crippen molar-refractivity contribution in [2.24, 2.45) is 0 Å². The summed E-state index contributed by atoms with van der Waals surface area (Å²) in [5.41, 5.74) is 0. The predicted octanol–water partition coefficient (Wildman–Crippen LogP) is 3.32. The van der Waals surface area contributed by atoms with Gasteiger partial charge in [-0.25, -0.2) is 4.98 Å². The first kappa shape index (κ1) is 12.7. The Morgan fingerprint density at radius 1 is 1.35 bits per heavy atom. The first-order valence-electron chi connectivity index (χ1n) is 5.32. The van der Waals surface area contributed by atoms with Crippen LogP contribution in [0.1, 0.15) is 5.76 Å². The molecule has 0 amide bonds. The summed E-state index contributed by atoms with van der Waals surface area (Å²) in [7, 11) is 0. The van der Waals surface area contributed by atoms with Crippen LogP contribution in [0, 0.1) is 0 Å². The van der Waals surface area contributed by atoms with Crippen LogP contribution in [0.25, 0.3) is 0 Å². The Morgan fingerprint density at radius 3 is 3.06 bits per heavy atom. The van der Waals surface area contributed by atoms with Crippen LogP contribution in [0.4, 0.5) is 0 Å². The molecule has 2 aromatic heterocycles. The third-order valence-electron chi connectivity index (χ3n) is 2.12. The van der Waals surface area contributed by atoms with Gasteiger partial charge in [-0.2, -0.15) is 0 Å².